The Labute approximate surface area is 185 Å². The van der Waals surface area contributed by atoms with Gasteiger partial charge in [-0.2, -0.15) is 0 Å². The molecule has 0 fully saturated rings. The molecule has 2 aliphatic rings. The molecule has 0 saturated carbocycles. The molecule has 2 aliphatic heterocycles. The summed E-state index contributed by atoms with van der Waals surface area (Å²) in [7, 11) is 0. The van der Waals surface area contributed by atoms with E-state index in [1.807, 2.05) is 71.8 Å². The SMILES string of the molecule is O=C1c2c(O)c(=O)ccn2N2CN1CC/C=C/COc1ccccc1[C@H]2c1ccccc1. The number of hydrogen-bond donors (Lipinski definition) is 1. The minimum atomic E-state index is -0.576. The number of carbonyl (C=O) groups is 1. The van der Waals surface area contributed by atoms with Crippen LogP contribution in [0.25, 0.3) is 0 Å². The number of para-hydroxylation sites is 1. The first-order valence-electron chi connectivity index (χ1n) is 10.6. The highest BCUT2D eigenvalue weighted by molar-refractivity contribution is 5.96. The lowest BCUT2D eigenvalue weighted by atomic mass is 9.97. The van der Waals surface area contributed by atoms with Crippen molar-refractivity contribution in [1.29, 1.82) is 0 Å². The van der Waals surface area contributed by atoms with Crippen molar-refractivity contribution in [2.45, 2.75) is 12.5 Å². The largest absolute Gasteiger partial charge is 0.502 e. The number of pyridine rings is 1. The van der Waals surface area contributed by atoms with Crippen LogP contribution in [0, 0.1) is 0 Å². The molecule has 2 bridgehead atoms. The average molecular weight is 429 g/mol. The Morgan fingerprint density at radius 2 is 1.72 bits per heavy atom. The van der Waals surface area contributed by atoms with Crippen LogP contribution in [0.3, 0.4) is 0 Å². The lowest BCUT2D eigenvalue weighted by molar-refractivity contribution is 0.0682. The third-order valence-corrected chi connectivity index (χ3v) is 5.83. The highest BCUT2D eigenvalue weighted by Crippen LogP contribution is 2.36. The van der Waals surface area contributed by atoms with Gasteiger partial charge in [0.25, 0.3) is 5.91 Å². The molecule has 1 aromatic heterocycles. The zero-order valence-electron chi connectivity index (χ0n) is 17.4. The first kappa shape index (κ1) is 19.9. The molecule has 2 aromatic carbocycles. The third-order valence-electron chi connectivity index (χ3n) is 5.83. The molecule has 3 heterocycles. The van der Waals surface area contributed by atoms with E-state index in [2.05, 4.69) is 0 Å². The van der Waals surface area contributed by atoms with Gasteiger partial charge in [0.15, 0.2) is 11.4 Å². The van der Waals surface area contributed by atoms with Crippen LogP contribution in [-0.4, -0.2) is 40.4 Å². The summed E-state index contributed by atoms with van der Waals surface area (Å²) in [5, 5.41) is 12.5. The molecular weight excluding hydrogens is 406 g/mol. The second-order valence-corrected chi connectivity index (χ2v) is 7.79. The maximum Gasteiger partial charge on any atom is 0.277 e. The molecule has 32 heavy (non-hydrogen) atoms. The highest BCUT2D eigenvalue weighted by atomic mass is 16.5. The number of aromatic hydroxyl groups is 1. The molecule has 162 valence electrons. The smallest absolute Gasteiger partial charge is 0.277 e. The fourth-order valence-corrected chi connectivity index (χ4v) is 4.31. The molecule has 5 rings (SSSR count). The van der Waals surface area contributed by atoms with Crippen LogP contribution in [0.1, 0.15) is 34.1 Å². The third kappa shape index (κ3) is 3.41. The van der Waals surface area contributed by atoms with Crippen molar-refractivity contribution in [1.82, 2.24) is 9.58 Å². The van der Waals surface area contributed by atoms with Crippen LogP contribution in [0.2, 0.25) is 0 Å². The summed E-state index contributed by atoms with van der Waals surface area (Å²) in [4.78, 5) is 27.1. The normalized spacial score (nSPS) is 19.1. The van der Waals surface area contributed by atoms with Gasteiger partial charge in [0.05, 0.1) is 0 Å². The van der Waals surface area contributed by atoms with Crippen LogP contribution < -0.4 is 15.2 Å². The number of amides is 1. The summed E-state index contributed by atoms with van der Waals surface area (Å²) in [6, 6.07) is 18.7. The topological polar surface area (TPSA) is 75.0 Å². The van der Waals surface area contributed by atoms with Gasteiger partial charge >= 0.3 is 0 Å². The van der Waals surface area contributed by atoms with Gasteiger partial charge in [0.2, 0.25) is 5.43 Å². The summed E-state index contributed by atoms with van der Waals surface area (Å²) in [6.45, 7) is 1.17. The molecule has 0 saturated heterocycles. The zero-order chi connectivity index (χ0) is 22.1. The lowest BCUT2D eigenvalue weighted by Gasteiger charge is -2.44. The number of ether oxygens (including phenoxy) is 1. The second kappa shape index (κ2) is 8.26. The van der Waals surface area contributed by atoms with Crippen molar-refractivity contribution in [3.8, 4) is 11.5 Å². The number of fused-ring (bicyclic) bond motifs is 5. The Balaban J connectivity index is 1.78. The van der Waals surface area contributed by atoms with Crippen LogP contribution in [0.15, 0.2) is 83.8 Å². The van der Waals surface area contributed by atoms with Crippen molar-refractivity contribution in [3.63, 3.8) is 0 Å². The molecule has 0 radical (unpaired) electrons. The quantitative estimate of drug-likeness (QED) is 0.602. The molecule has 1 N–H and O–H groups in total. The molecule has 0 spiro atoms. The van der Waals surface area contributed by atoms with Crippen molar-refractivity contribution < 1.29 is 14.6 Å². The summed E-state index contributed by atoms with van der Waals surface area (Å²) >= 11 is 0. The Bertz CT molecular complexity index is 1240. The van der Waals surface area contributed by atoms with Gasteiger partial charge in [-0.3, -0.25) is 19.3 Å². The average Bonchev–Trinajstić information content (AvgIpc) is 2.81. The summed E-state index contributed by atoms with van der Waals surface area (Å²) < 4.78 is 7.70. The van der Waals surface area contributed by atoms with Crippen LogP contribution in [0.4, 0.5) is 0 Å². The molecular formula is C25H23N3O4. The highest BCUT2D eigenvalue weighted by Gasteiger charge is 2.37. The van der Waals surface area contributed by atoms with Gasteiger partial charge in [-0.05, 0) is 18.1 Å². The summed E-state index contributed by atoms with van der Waals surface area (Å²) in [6.07, 6.45) is 6.11. The van der Waals surface area contributed by atoms with Crippen LogP contribution in [0.5, 0.6) is 11.5 Å². The van der Waals surface area contributed by atoms with E-state index >= 15 is 0 Å². The molecule has 0 unspecified atom stereocenters. The van der Waals surface area contributed by atoms with Crippen molar-refractivity contribution in [2.75, 3.05) is 24.8 Å². The number of hydrogen-bond acceptors (Lipinski definition) is 5. The van der Waals surface area contributed by atoms with Gasteiger partial charge in [0.1, 0.15) is 25.1 Å². The van der Waals surface area contributed by atoms with E-state index in [4.69, 9.17) is 4.74 Å². The summed E-state index contributed by atoms with van der Waals surface area (Å²) in [5.74, 6) is -0.161. The van der Waals surface area contributed by atoms with E-state index in [1.54, 1.807) is 15.8 Å². The van der Waals surface area contributed by atoms with E-state index < -0.39 is 11.2 Å². The number of benzene rings is 2. The van der Waals surface area contributed by atoms with E-state index in [0.29, 0.717) is 19.6 Å². The minimum absolute atomic E-state index is 0.0240. The Hall–Kier alpha value is -4.00. The van der Waals surface area contributed by atoms with Gasteiger partial charge in [-0.1, -0.05) is 60.7 Å². The van der Waals surface area contributed by atoms with Crippen LogP contribution in [-0.2, 0) is 0 Å². The molecule has 0 aliphatic carbocycles. The monoisotopic (exact) mass is 429 g/mol. The van der Waals surface area contributed by atoms with Crippen molar-refractivity contribution >= 4 is 5.91 Å². The standard InChI is InChI=1S/C25H23N3O4/c29-20-13-15-27-23(24(20)30)25(31)26-14-7-2-8-16-32-21-12-6-5-11-19(21)22(28(27)17-26)18-9-3-1-4-10-18/h1-6,8-13,15,22,30H,7,14,16-17H2/b8-2+/t22-/m1/s1. The number of carbonyl (C=O) groups excluding carboxylic acids is 1. The zero-order valence-corrected chi connectivity index (χ0v) is 17.4. The van der Waals surface area contributed by atoms with E-state index in [-0.39, 0.29) is 24.3 Å². The number of rotatable bonds is 1. The van der Waals surface area contributed by atoms with E-state index in [0.717, 1.165) is 16.9 Å². The lowest BCUT2D eigenvalue weighted by Crippen LogP contribution is -2.55. The van der Waals surface area contributed by atoms with Gasteiger partial charge in [-0.15, -0.1) is 0 Å². The van der Waals surface area contributed by atoms with E-state index in [1.165, 1.54) is 6.07 Å². The molecule has 7 nitrogen and oxygen atoms in total. The fraction of sp³-hybridized carbons (Fsp3) is 0.200. The van der Waals surface area contributed by atoms with Crippen molar-refractivity contribution in [3.05, 3.63) is 106 Å². The molecule has 1 amide bonds. The maximum atomic E-state index is 13.2. The van der Waals surface area contributed by atoms with Gasteiger partial charge < -0.3 is 14.7 Å². The predicted molar refractivity (Wildman–Crippen MR) is 120 cm³/mol. The fourth-order valence-electron chi connectivity index (χ4n) is 4.31. The number of nitrogens with zero attached hydrogens (tertiary/aromatic N) is 3. The predicted octanol–water partition coefficient (Wildman–Crippen LogP) is 3.03. The van der Waals surface area contributed by atoms with Crippen LogP contribution >= 0.6 is 0 Å². The van der Waals surface area contributed by atoms with Gasteiger partial charge in [0, 0.05) is 24.4 Å². The Kier molecular flexibility index (Phi) is 5.15. The Morgan fingerprint density at radius 3 is 2.56 bits per heavy atom. The Morgan fingerprint density at radius 1 is 0.938 bits per heavy atom. The first-order chi connectivity index (χ1) is 15.6. The summed E-state index contributed by atoms with van der Waals surface area (Å²) in [5.41, 5.74) is 1.32. The minimum Gasteiger partial charge on any atom is -0.502 e. The van der Waals surface area contributed by atoms with Crippen molar-refractivity contribution in [2.24, 2.45) is 0 Å². The first-order valence-corrected chi connectivity index (χ1v) is 10.6. The van der Waals surface area contributed by atoms with E-state index in [9.17, 15) is 14.7 Å². The second-order valence-electron chi connectivity index (χ2n) is 7.79. The molecule has 1 atom stereocenters. The number of aromatic nitrogens is 1. The molecule has 7 heteroatoms. The maximum absolute atomic E-state index is 13.2. The molecule has 3 aromatic rings. The van der Waals surface area contributed by atoms with Gasteiger partial charge in [-0.25, -0.2) is 0 Å².